The first-order chi connectivity index (χ1) is 15.6. The van der Waals surface area contributed by atoms with Crippen LogP contribution in [0.15, 0.2) is 104 Å². The molecule has 4 nitrogen and oxygen atoms in total. The molecule has 1 fully saturated rings. The largest absolute Gasteiger partial charge is 0.345 e. The van der Waals surface area contributed by atoms with Gasteiger partial charge in [0.1, 0.15) is 5.54 Å². The molecule has 4 heteroatoms. The smallest absolute Gasteiger partial charge is 0.225 e. The third-order valence-corrected chi connectivity index (χ3v) is 6.78. The molecular weight excluding hydrogens is 394 g/mol. The molecule has 2 unspecified atom stereocenters. The van der Waals surface area contributed by atoms with Crippen LogP contribution in [0.4, 0.5) is 0 Å². The van der Waals surface area contributed by atoms with Gasteiger partial charge in [-0.05, 0) is 16.7 Å². The number of rotatable bonds is 5. The molecule has 0 bridgehead atoms. The van der Waals surface area contributed by atoms with Crippen LogP contribution in [-0.4, -0.2) is 34.0 Å². The van der Waals surface area contributed by atoms with Crippen LogP contribution in [-0.2, 0) is 10.3 Å². The van der Waals surface area contributed by atoms with Crippen LogP contribution in [0.5, 0.6) is 0 Å². The van der Waals surface area contributed by atoms with E-state index < -0.39 is 5.54 Å². The Morgan fingerprint density at radius 2 is 1.28 bits per heavy atom. The van der Waals surface area contributed by atoms with Crippen molar-refractivity contribution in [1.82, 2.24) is 14.5 Å². The quantitative estimate of drug-likeness (QED) is 0.429. The lowest BCUT2D eigenvalue weighted by Gasteiger charge is -2.37. The van der Waals surface area contributed by atoms with Gasteiger partial charge in [0.15, 0.2) is 0 Å². The second kappa shape index (κ2) is 8.12. The van der Waals surface area contributed by atoms with Crippen molar-refractivity contribution in [3.05, 3.63) is 126 Å². The molecule has 1 amide bonds. The molecule has 1 aromatic heterocycles. The summed E-state index contributed by atoms with van der Waals surface area (Å²) >= 11 is 0. The first-order valence-electron chi connectivity index (χ1n) is 11.1. The van der Waals surface area contributed by atoms with Gasteiger partial charge in [-0.2, -0.15) is 0 Å². The molecule has 1 saturated heterocycles. The average molecular weight is 422 g/mol. The SMILES string of the molecule is CC1C(=O)N(C)CC1c1cn(C(c2ccccc2)(c2ccccc2)c2ccccc2)cn1. The molecule has 5 rings (SSSR count). The zero-order chi connectivity index (χ0) is 22.1. The van der Waals surface area contributed by atoms with Crippen LogP contribution in [0.25, 0.3) is 0 Å². The Kier molecular flexibility index (Phi) is 5.14. The van der Waals surface area contributed by atoms with Gasteiger partial charge in [-0.1, -0.05) is 97.9 Å². The zero-order valence-corrected chi connectivity index (χ0v) is 18.4. The van der Waals surface area contributed by atoms with E-state index in [1.54, 1.807) is 0 Å². The van der Waals surface area contributed by atoms with Gasteiger partial charge in [0.2, 0.25) is 5.91 Å². The predicted octanol–water partition coefficient (Wildman–Crippen LogP) is 4.92. The standard InChI is InChI=1S/C28H27N3O/c1-21-25(18-30(2)27(21)32)26-19-31(20-29-26)28(22-12-6-3-7-13-22,23-14-8-4-9-15-23)24-16-10-5-11-17-24/h3-17,19-21,25H,18H2,1-2H3. The number of amides is 1. The number of likely N-dealkylation sites (tertiary alicyclic amines) is 1. The summed E-state index contributed by atoms with van der Waals surface area (Å²) in [5.41, 5.74) is 3.87. The van der Waals surface area contributed by atoms with Crippen molar-refractivity contribution in [3.8, 4) is 0 Å². The summed E-state index contributed by atoms with van der Waals surface area (Å²) in [6.07, 6.45) is 4.07. The highest BCUT2D eigenvalue weighted by molar-refractivity contribution is 5.81. The lowest BCUT2D eigenvalue weighted by atomic mass is 9.76. The Bertz CT molecular complexity index is 1100. The van der Waals surface area contributed by atoms with Gasteiger partial charge >= 0.3 is 0 Å². The van der Waals surface area contributed by atoms with E-state index in [1.165, 1.54) is 0 Å². The Morgan fingerprint density at radius 3 is 1.69 bits per heavy atom. The maximum absolute atomic E-state index is 12.4. The molecule has 32 heavy (non-hydrogen) atoms. The highest BCUT2D eigenvalue weighted by Crippen LogP contribution is 2.42. The van der Waals surface area contributed by atoms with Crippen molar-refractivity contribution >= 4 is 5.91 Å². The van der Waals surface area contributed by atoms with Gasteiger partial charge in [0, 0.05) is 31.6 Å². The van der Waals surface area contributed by atoms with Crippen molar-refractivity contribution in [2.24, 2.45) is 5.92 Å². The summed E-state index contributed by atoms with van der Waals surface area (Å²) < 4.78 is 2.22. The summed E-state index contributed by atoms with van der Waals surface area (Å²) in [4.78, 5) is 19.1. The summed E-state index contributed by atoms with van der Waals surface area (Å²) in [7, 11) is 1.87. The minimum Gasteiger partial charge on any atom is -0.345 e. The predicted molar refractivity (Wildman–Crippen MR) is 126 cm³/mol. The van der Waals surface area contributed by atoms with E-state index in [9.17, 15) is 4.79 Å². The molecule has 0 aliphatic carbocycles. The maximum atomic E-state index is 12.4. The Morgan fingerprint density at radius 1 is 0.812 bits per heavy atom. The Balaban J connectivity index is 1.75. The third-order valence-electron chi connectivity index (χ3n) is 6.78. The van der Waals surface area contributed by atoms with E-state index >= 15 is 0 Å². The Labute approximate surface area is 189 Å². The van der Waals surface area contributed by atoms with Crippen molar-refractivity contribution in [1.29, 1.82) is 0 Å². The fourth-order valence-corrected chi connectivity index (χ4v) is 5.11. The van der Waals surface area contributed by atoms with Crippen molar-refractivity contribution in [3.63, 3.8) is 0 Å². The van der Waals surface area contributed by atoms with Crippen molar-refractivity contribution < 1.29 is 4.79 Å². The van der Waals surface area contributed by atoms with Crippen LogP contribution in [0.1, 0.15) is 35.2 Å². The lowest BCUT2D eigenvalue weighted by Crippen LogP contribution is -2.37. The molecule has 2 heterocycles. The number of hydrogen-bond donors (Lipinski definition) is 0. The first kappa shape index (κ1) is 20.3. The first-order valence-corrected chi connectivity index (χ1v) is 11.1. The number of likely N-dealkylation sites (N-methyl/N-ethyl adjacent to an activating group) is 1. The molecule has 160 valence electrons. The third kappa shape index (κ3) is 3.14. The molecule has 0 radical (unpaired) electrons. The average Bonchev–Trinajstić information content (AvgIpc) is 3.43. The van der Waals surface area contributed by atoms with Crippen LogP contribution >= 0.6 is 0 Å². The number of nitrogens with zero attached hydrogens (tertiary/aromatic N) is 3. The highest BCUT2D eigenvalue weighted by atomic mass is 16.2. The number of hydrogen-bond acceptors (Lipinski definition) is 2. The molecule has 1 aliphatic rings. The highest BCUT2D eigenvalue weighted by Gasteiger charge is 2.41. The van der Waals surface area contributed by atoms with Gasteiger partial charge in [0.05, 0.1) is 12.0 Å². The fourth-order valence-electron chi connectivity index (χ4n) is 5.11. The minimum atomic E-state index is -0.577. The number of aromatic nitrogens is 2. The van der Waals surface area contributed by atoms with Crippen molar-refractivity contribution in [2.45, 2.75) is 18.4 Å². The number of carbonyl (C=O) groups excluding carboxylic acids is 1. The summed E-state index contributed by atoms with van der Waals surface area (Å²) in [5, 5.41) is 0. The van der Waals surface area contributed by atoms with E-state index in [0.717, 1.165) is 22.4 Å². The van der Waals surface area contributed by atoms with E-state index in [2.05, 4.69) is 83.6 Å². The van der Waals surface area contributed by atoms with Gasteiger partial charge in [0.25, 0.3) is 0 Å². The molecule has 0 spiro atoms. The van der Waals surface area contributed by atoms with E-state index in [1.807, 2.05) is 43.4 Å². The van der Waals surface area contributed by atoms with Gasteiger partial charge in [-0.3, -0.25) is 4.79 Å². The molecule has 0 N–H and O–H groups in total. The van der Waals surface area contributed by atoms with Crippen LogP contribution in [0, 0.1) is 5.92 Å². The molecule has 2 atom stereocenters. The topological polar surface area (TPSA) is 38.1 Å². The molecule has 1 aliphatic heterocycles. The summed E-state index contributed by atoms with van der Waals surface area (Å²) in [5.74, 6) is 0.210. The van der Waals surface area contributed by atoms with Crippen LogP contribution in [0.2, 0.25) is 0 Å². The molecular formula is C28H27N3O. The molecule has 4 aromatic rings. The number of imidazole rings is 1. The van der Waals surface area contributed by atoms with E-state index in [0.29, 0.717) is 6.54 Å². The molecule has 3 aromatic carbocycles. The monoisotopic (exact) mass is 421 g/mol. The summed E-state index contributed by atoms with van der Waals surface area (Å²) in [6, 6.07) is 31.7. The number of carbonyl (C=O) groups is 1. The van der Waals surface area contributed by atoms with Crippen molar-refractivity contribution in [2.75, 3.05) is 13.6 Å². The second-order valence-electron chi connectivity index (χ2n) is 8.63. The second-order valence-corrected chi connectivity index (χ2v) is 8.63. The van der Waals surface area contributed by atoms with E-state index in [4.69, 9.17) is 4.98 Å². The van der Waals surface area contributed by atoms with Crippen LogP contribution < -0.4 is 0 Å². The number of benzene rings is 3. The molecule has 0 saturated carbocycles. The van der Waals surface area contributed by atoms with E-state index in [-0.39, 0.29) is 17.7 Å². The van der Waals surface area contributed by atoms with Gasteiger partial charge in [-0.25, -0.2) is 4.98 Å². The summed E-state index contributed by atoms with van der Waals surface area (Å²) in [6.45, 7) is 2.71. The normalized spacial score (nSPS) is 18.8. The Hall–Kier alpha value is -3.66. The fraction of sp³-hybridized carbons (Fsp3) is 0.214. The van der Waals surface area contributed by atoms with Gasteiger partial charge < -0.3 is 9.47 Å². The lowest BCUT2D eigenvalue weighted by molar-refractivity contribution is -0.129. The maximum Gasteiger partial charge on any atom is 0.225 e. The minimum absolute atomic E-state index is 0.0667. The zero-order valence-electron chi connectivity index (χ0n) is 18.4. The van der Waals surface area contributed by atoms with Gasteiger partial charge in [-0.15, -0.1) is 0 Å². The van der Waals surface area contributed by atoms with Crippen LogP contribution in [0.3, 0.4) is 0 Å².